The van der Waals surface area contributed by atoms with Crippen molar-refractivity contribution in [2.75, 3.05) is 20.2 Å². The number of piperidine rings is 1. The molecule has 2 aromatic rings. The third-order valence-corrected chi connectivity index (χ3v) is 7.21. The van der Waals surface area contributed by atoms with Gasteiger partial charge < -0.3 is 14.2 Å². The van der Waals surface area contributed by atoms with Gasteiger partial charge in [0.2, 0.25) is 10.0 Å². The Morgan fingerprint density at radius 2 is 1.83 bits per heavy atom. The first kappa shape index (κ1) is 21.4. The Hall–Kier alpha value is -2.32. The van der Waals surface area contributed by atoms with Gasteiger partial charge in [-0.3, -0.25) is 4.79 Å². The summed E-state index contributed by atoms with van der Waals surface area (Å²) in [5.74, 6) is 0.460. The Morgan fingerprint density at radius 1 is 1.14 bits per heavy atom. The summed E-state index contributed by atoms with van der Waals surface area (Å²) in [6.07, 6.45) is 3.00. The van der Waals surface area contributed by atoms with Gasteiger partial charge in [0.15, 0.2) is 0 Å². The highest BCUT2D eigenvalue weighted by Gasteiger charge is 2.33. The van der Waals surface area contributed by atoms with Crippen LogP contribution in [0.1, 0.15) is 46.6 Å². The zero-order chi connectivity index (χ0) is 21.2. The largest absolute Gasteiger partial charge is 0.497 e. The number of ether oxygens (including phenoxy) is 1. The van der Waals surface area contributed by atoms with Gasteiger partial charge in [-0.15, -0.1) is 0 Å². The molecule has 1 fully saturated rings. The standard InChI is InChI=1S/C21H29N3O4S/c1-15-19(21(25)24-11-6-5-7-12-24)20(16(2)23(15)3)29(26,27)22-14-17-9-8-10-18(13-17)28-4/h8-10,13,22H,5-7,11-12,14H2,1-4H3. The van der Waals surface area contributed by atoms with E-state index in [2.05, 4.69) is 4.72 Å². The first-order valence-corrected chi connectivity index (χ1v) is 11.3. The van der Waals surface area contributed by atoms with Crippen LogP contribution < -0.4 is 9.46 Å². The second kappa shape index (κ2) is 8.59. The van der Waals surface area contributed by atoms with Crippen molar-refractivity contribution in [1.82, 2.24) is 14.2 Å². The number of rotatable bonds is 6. The molecule has 3 rings (SSSR count). The van der Waals surface area contributed by atoms with Gasteiger partial charge in [-0.1, -0.05) is 12.1 Å². The Balaban J connectivity index is 1.93. The summed E-state index contributed by atoms with van der Waals surface area (Å²) in [5, 5.41) is 0. The van der Waals surface area contributed by atoms with Crippen LogP contribution in [0.3, 0.4) is 0 Å². The summed E-state index contributed by atoms with van der Waals surface area (Å²) in [6, 6.07) is 7.23. The molecule has 1 aliphatic heterocycles. The minimum atomic E-state index is -3.88. The maximum Gasteiger partial charge on any atom is 0.257 e. The fourth-order valence-corrected chi connectivity index (χ4v) is 5.32. The zero-order valence-electron chi connectivity index (χ0n) is 17.5. The summed E-state index contributed by atoms with van der Waals surface area (Å²) in [5.41, 5.74) is 2.29. The Bertz CT molecular complexity index is 1010. The molecule has 29 heavy (non-hydrogen) atoms. The van der Waals surface area contributed by atoms with Crippen LogP contribution in [0.15, 0.2) is 29.2 Å². The number of benzene rings is 1. The van der Waals surface area contributed by atoms with E-state index >= 15 is 0 Å². The Morgan fingerprint density at radius 3 is 2.48 bits per heavy atom. The third kappa shape index (κ3) is 4.33. The Kier molecular flexibility index (Phi) is 6.33. The minimum Gasteiger partial charge on any atom is -0.497 e. The molecule has 1 aromatic heterocycles. The first-order chi connectivity index (χ1) is 13.8. The highest BCUT2D eigenvalue weighted by Crippen LogP contribution is 2.28. The number of hydrogen-bond donors (Lipinski definition) is 1. The lowest BCUT2D eigenvalue weighted by Gasteiger charge is -2.27. The van der Waals surface area contributed by atoms with Gasteiger partial charge in [0, 0.05) is 38.1 Å². The van der Waals surface area contributed by atoms with E-state index in [9.17, 15) is 13.2 Å². The van der Waals surface area contributed by atoms with E-state index < -0.39 is 10.0 Å². The van der Waals surface area contributed by atoms with Gasteiger partial charge in [-0.2, -0.15) is 0 Å². The van der Waals surface area contributed by atoms with Crippen LogP contribution in [0, 0.1) is 13.8 Å². The van der Waals surface area contributed by atoms with Gasteiger partial charge >= 0.3 is 0 Å². The number of hydrogen-bond acceptors (Lipinski definition) is 4. The molecule has 158 valence electrons. The van der Waals surface area contributed by atoms with Crippen molar-refractivity contribution in [2.45, 2.75) is 44.6 Å². The fourth-order valence-electron chi connectivity index (χ4n) is 3.79. The van der Waals surface area contributed by atoms with Crippen molar-refractivity contribution in [2.24, 2.45) is 7.05 Å². The predicted molar refractivity (Wildman–Crippen MR) is 112 cm³/mol. The summed E-state index contributed by atoms with van der Waals surface area (Å²) < 4.78 is 36.1. The van der Waals surface area contributed by atoms with E-state index in [0.717, 1.165) is 24.8 Å². The number of sulfonamides is 1. The van der Waals surface area contributed by atoms with Crippen molar-refractivity contribution in [3.8, 4) is 5.75 Å². The van der Waals surface area contributed by atoms with E-state index in [1.54, 1.807) is 49.6 Å². The molecule has 0 spiro atoms. The molecule has 0 atom stereocenters. The molecule has 1 aliphatic rings. The van der Waals surface area contributed by atoms with Crippen LogP contribution in [0.5, 0.6) is 5.75 Å². The third-order valence-electron chi connectivity index (χ3n) is 5.65. The highest BCUT2D eigenvalue weighted by molar-refractivity contribution is 7.89. The summed E-state index contributed by atoms with van der Waals surface area (Å²) in [4.78, 5) is 15.1. The average Bonchev–Trinajstić information content (AvgIpc) is 2.97. The quantitative estimate of drug-likeness (QED) is 0.781. The number of carbonyl (C=O) groups excluding carboxylic acids is 1. The monoisotopic (exact) mass is 419 g/mol. The maximum absolute atomic E-state index is 13.2. The molecular formula is C21H29N3O4S. The predicted octanol–water partition coefficient (Wildman–Crippen LogP) is 2.76. The molecule has 0 saturated carbocycles. The van der Waals surface area contributed by atoms with Crippen molar-refractivity contribution < 1.29 is 17.9 Å². The van der Waals surface area contributed by atoms with E-state index in [1.807, 2.05) is 12.1 Å². The van der Waals surface area contributed by atoms with Crippen LogP contribution in [0.25, 0.3) is 0 Å². The maximum atomic E-state index is 13.2. The second-order valence-electron chi connectivity index (χ2n) is 7.46. The molecule has 1 N–H and O–H groups in total. The smallest absolute Gasteiger partial charge is 0.257 e. The van der Waals surface area contributed by atoms with Gasteiger partial charge in [0.1, 0.15) is 10.6 Å². The molecule has 1 aromatic carbocycles. The molecule has 0 radical (unpaired) electrons. The highest BCUT2D eigenvalue weighted by atomic mass is 32.2. The fraction of sp³-hybridized carbons (Fsp3) is 0.476. The van der Waals surface area contributed by atoms with Gasteiger partial charge in [0.05, 0.1) is 12.7 Å². The van der Waals surface area contributed by atoms with Gasteiger partial charge in [-0.05, 0) is 50.8 Å². The van der Waals surface area contributed by atoms with Crippen LogP contribution in [-0.2, 0) is 23.6 Å². The van der Waals surface area contributed by atoms with Crippen molar-refractivity contribution in [3.63, 3.8) is 0 Å². The molecule has 8 heteroatoms. The van der Waals surface area contributed by atoms with Crippen LogP contribution in [-0.4, -0.2) is 44.0 Å². The van der Waals surface area contributed by atoms with Crippen LogP contribution >= 0.6 is 0 Å². The summed E-state index contributed by atoms with van der Waals surface area (Å²) in [6.45, 7) is 4.99. The summed E-state index contributed by atoms with van der Waals surface area (Å²) >= 11 is 0. The molecular weight excluding hydrogens is 390 g/mol. The lowest BCUT2D eigenvalue weighted by atomic mass is 10.1. The Labute approximate surface area is 172 Å². The van der Waals surface area contributed by atoms with Crippen molar-refractivity contribution in [1.29, 1.82) is 0 Å². The number of carbonyl (C=O) groups is 1. The average molecular weight is 420 g/mol. The number of aromatic nitrogens is 1. The SMILES string of the molecule is COc1cccc(CNS(=O)(=O)c2c(C(=O)N3CCCCC3)c(C)n(C)c2C)c1. The van der Waals surface area contributed by atoms with E-state index in [-0.39, 0.29) is 22.9 Å². The zero-order valence-corrected chi connectivity index (χ0v) is 18.3. The molecule has 1 saturated heterocycles. The van der Waals surface area contributed by atoms with E-state index in [0.29, 0.717) is 30.2 Å². The lowest BCUT2D eigenvalue weighted by molar-refractivity contribution is 0.0719. The van der Waals surface area contributed by atoms with Crippen molar-refractivity contribution in [3.05, 3.63) is 46.8 Å². The molecule has 2 heterocycles. The van der Waals surface area contributed by atoms with Gasteiger partial charge in [-0.25, -0.2) is 13.1 Å². The van der Waals surface area contributed by atoms with Gasteiger partial charge in [0.25, 0.3) is 5.91 Å². The molecule has 7 nitrogen and oxygen atoms in total. The normalized spacial score (nSPS) is 14.8. The van der Waals surface area contributed by atoms with Crippen LogP contribution in [0.4, 0.5) is 0 Å². The molecule has 0 bridgehead atoms. The first-order valence-electron chi connectivity index (χ1n) is 9.84. The lowest BCUT2D eigenvalue weighted by Crippen LogP contribution is -2.37. The molecule has 1 amide bonds. The minimum absolute atomic E-state index is 0.0796. The topological polar surface area (TPSA) is 80.6 Å². The van der Waals surface area contributed by atoms with Crippen LogP contribution in [0.2, 0.25) is 0 Å². The van der Waals surface area contributed by atoms with Crippen molar-refractivity contribution >= 4 is 15.9 Å². The number of methoxy groups -OCH3 is 1. The number of nitrogens with zero attached hydrogens (tertiary/aromatic N) is 2. The number of nitrogens with one attached hydrogen (secondary N) is 1. The van der Waals surface area contributed by atoms with E-state index in [1.165, 1.54) is 0 Å². The molecule has 0 unspecified atom stereocenters. The number of likely N-dealkylation sites (tertiary alicyclic amines) is 1. The second-order valence-corrected chi connectivity index (χ2v) is 9.17. The number of amides is 1. The molecule has 0 aliphatic carbocycles. The van der Waals surface area contributed by atoms with E-state index in [4.69, 9.17) is 4.74 Å². The summed E-state index contributed by atoms with van der Waals surface area (Å²) in [7, 11) is -0.526.